The minimum Gasteiger partial charge on any atom is -0.495 e. The number of amides is 1. The summed E-state index contributed by atoms with van der Waals surface area (Å²) in [4.78, 5) is 12.5. The number of rotatable bonds is 10. The number of nitrogens with one attached hydrogen (secondary N) is 1. The van der Waals surface area contributed by atoms with Crippen molar-refractivity contribution in [3.8, 4) is 5.75 Å². The van der Waals surface area contributed by atoms with E-state index in [4.69, 9.17) is 9.47 Å². The second-order valence-electron chi connectivity index (χ2n) is 7.97. The Bertz CT molecular complexity index is 773. The lowest BCUT2D eigenvalue weighted by atomic mass is 10.0. The van der Waals surface area contributed by atoms with Gasteiger partial charge in [-0.05, 0) is 37.0 Å². The Morgan fingerprint density at radius 1 is 1.21 bits per heavy atom. The molecular weight excluding hydrogens is 392 g/mol. The molecule has 164 valence electrons. The molecular formula is C21H34N2O5S. The lowest BCUT2D eigenvalue weighted by Crippen LogP contribution is -2.40. The monoisotopic (exact) mass is 426 g/mol. The average molecular weight is 427 g/mol. The minimum atomic E-state index is -3.71. The standard InChI is InChI=1S/C21H34N2O5S/c1-16(2)6-5-7-17(3)22-21(24)15-18-8-9-19(27-4)20(14-18)29(25,26)23-10-12-28-13-11-23/h8-9,14,16-17H,5-7,10-13,15H2,1-4H3,(H,22,24)/t17-/m1/s1. The van der Waals surface area contributed by atoms with Gasteiger partial charge in [0.1, 0.15) is 10.6 Å². The maximum absolute atomic E-state index is 13.0. The molecule has 0 saturated carbocycles. The third-order valence-electron chi connectivity index (χ3n) is 5.01. The van der Waals surface area contributed by atoms with Gasteiger partial charge in [-0.25, -0.2) is 8.42 Å². The van der Waals surface area contributed by atoms with Gasteiger partial charge in [0.05, 0.1) is 26.7 Å². The number of benzene rings is 1. The fourth-order valence-electron chi connectivity index (χ4n) is 3.37. The highest BCUT2D eigenvalue weighted by Crippen LogP contribution is 2.28. The smallest absolute Gasteiger partial charge is 0.246 e. The van der Waals surface area contributed by atoms with Gasteiger partial charge < -0.3 is 14.8 Å². The number of methoxy groups -OCH3 is 1. The first-order chi connectivity index (χ1) is 13.7. The summed E-state index contributed by atoms with van der Waals surface area (Å²) in [6.07, 6.45) is 3.28. The van der Waals surface area contributed by atoms with Crippen molar-refractivity contribution in [1.29, 1.82) is 0 Å². The molecule has 1 aromatic rings. The zero-order valence-electron chi connectivity index (χ0n) is 17.9. The van der Waals surface area contributed by atoms with Crippen molar-refractivity contribution in [2.75, 3.05) is 33.4 Å². The van der Waals surface area contributed by atoms with Crippen LogP contribution < -0.4 is 10.1 Å². The largest absolute Gasteiger partial charge is 0.495 e. The van der Waals surface area contributed by atoms with Crippen molar-refractivity contribution in [3.05, 3.63) is 23.8 Å². The average Bonchev–Trinajstić information content (AvgIpc) is 2.68. The molecule has 0 bridgehead atoms. The van der Waals surface area contributed by atoms with Crippen LogP contribution in [0.3, 0.4) is 0 Å². The Kier molecular flexibility index (Phi) is 8.92. The predicted molar refractivity (Wildman–Crippen MR) is 113 cm³/mol. The number of hydrogen-bond acceptors (Lipinski definition) is 5. The normalized spacial score (nSPS) is 16.6. The van der Waals surface area contributed by atoms with Crippen LogP contribution in [0.1, 0.15) is 45.6 Å². The number of ether oxygens (including phenoxy) is 2. The van der Waals surface area contributed by atoms with E-state index in [-0.39, 0.29) is 29.0 Å². The van der Waals surface area contributed by atoms with Crippen LogP contribution in [-0.4, -0.2) is 58.1 Å². The molecule has 1 aromatic carbocycles. The van der Waals surface area contributed by atoms with Gasteiger partial charge in [-0.15, -0.1) is 0 Å². The number of sulfonamides is 1. The maximum Gasteiger partial charge on any atom is 0.246 e. The quantitative estimate of drug-likeness (QED) is 0.622. The molecule has 1 heterocycles. The van der Waals surface area contributed by atoms with E-state index in [0.29, 0.717) is 37.8 Å². The number of hydrogen-bond donors (Lipinski definition) is 1. The molecule has 0 unspecified atom stereocenters. The molecule has 0 aliphatic carbocycles. The maximum atomic E-state index is 13.0. The zero-order valence-corrected chi connectivity index (χ0v) is 18.8. The number of nitrogens with zero attached hydrogens (tertiary/aromatic N) is 1. The number of morpholine rings is 1. The summed E-state index contributed by atoms with van der Waals surface area (Å²) >= 11 is 0. The van der Waals surface area contributed by atoms with E-state index in [0.717, 1.165) is 19.3 Å². The fraction of sp³-hybridized carbons (Fsp3) is 0.667. The highest BCUT2D eigenvalue weighted by atomic mass is 32.2. The molecule has 1 fully saturated rings. The van der Waals surface area contributed by atoms with Gasteiger partial charge in [-0.3, -0.25) is 4.79 Å². The molecule has 1 atom stereocenters. The van der Waals surface area contributed by atoms with E-state index in [2.05, 4.69) is 19.2 Å². The van der Waals surface area contributed by atoms with E-state index in [9.17, 15) is 13.2 Å². The van der Waals surface area contributed by atoms with Crippen LogP contribution in [0.4, 0.5) is 0 Å². The molecule has 8 heteroatoms. The molecule has 2 rings (SSSR count). The Morgan fingerprint density at radius 2 is 1.90 bits per heavy atom. The fourth-order valence-corrected chi connectivity index (χ4v) is 4.99. The van der Waals surface area contributed by atoms with Crippen LogP contribution in [0.15, 0.2) is 23.1 Å². The highest BCUT2D eigenvalue weighted by Gasteiger charge is 2.29. The van der Waals surface area contributed by atoms with Crippen molar-refractivity contribution < 1.29 is 22.7 Å². The Hall–Kier alpha value is -1.64. The van der Waals surface area contributed by atoms with Crippen molar-refractivity contribution in [2.45, 2.75) is 57.4 Å². The lowest BCUT2D eigenvalue weighted by Gasteiger charge is -2.26. The molecule has 29 heavy (non-hydrogen) atoms. The third-order valence-corrected chi connectivity index (χ3v) is 6.93. The summed E-state index contributed by atoms with van der Waals surface area (Å²) in [7, 11) is -2.27. The Labute approximate surface area is 174 Å². The van der Waals surface area contributed by atoms with Crippen LogP contribution in [0, 0.1) is 5.92 Å². The van der Waals surface area contributed by atoms with Crippen molar-refractivity contribution in [1.82, 2.24) is 9.62 Å². The molecule has 1 aliphatic rings. The predicted octanol–water partition coefficient (Wildman–Crippen LogP) is 2.59. The van der Waals surface area contributed by atoms with Crippen LogP contribution in [0.2, 0.25) is 0 Å². The van der Waals surface area contributed by atoms with E-state index in [1.54, 1.807) is 18.2 Å². The van der Waals surface area contributed by atoms with Crippen molar-refractivity contribution >= 4 is 15.9 Å². The molecule has 0 spiro atoms. The van der Waals surface area contributed by atoms with Gasteiger partial charge in [0.25, 0.3) is 0 Å². The van der Waals surface area contributed by atoms with E-state index < -0.39 is 10.0 Å². The topological polar surface area (TPSA) is 84.9 Å². The van der Waals surface area contributed by atoms with Crippen LogP contribution in [-0.2, 0) is 26.0 Å². The first kappa shape index (κ1) is 23.6. The van der Waals surface area contributed by atoms with Crippen LogP contribution in [0.5, 0.6) is 5.75 Å². The van der Waals surface area contributed by atoms with Crippen molar-refractivity contribution in [2.24, 2.45) is 5.92 Å². The zero-order chi connectivity index (χ0) is 21.4. The molecule has 1 saturated heterocycles. The lowest BCUT2D eigenvalue weighted by molar-refractivity contribution is -0.121. The summed E-state index contributed by atoms with van der Waals surface area (Å²) in [5.74, 6) is 0.827. The van der Waals surface area contributed by atoms with E-state index in [1.807, 2.05) is 6.92 Å². The van der Waals surface area contributed by atoms with Gasteiger partial charge in [-0.2, -0.15) is 4.31 Å². The molecule has 1 amide bonds. The van der Waals surface area contributed by atoms with Crippen LogP contribution >= 0.6 is 0 Å². The summed E-state index contributed by atoms with van der Waals surface area (Å²) in [6, 6.07) is 4.99. The SMILES string of the molecule is COc1ccc(CC(=O)N[C@H](C)CCCC(C)C)cc1S(=O)(=O)N1CCOCC1. The van der Waals surface area contributed by atoms with Gasteiger partial charge in [0.15, 0.2) is 0 Å². The van der Waals surface area contributed by atoms with Gasteiger partial charge in [0, 0.05) is 19.1 Å². The second kappa shape index (κ2) is 10.9. The highest BCUT2D eigenvalue weighted by molar-refractivity contribution is 7.89. The number of carbonyl (C=O) groups is 1. The molecule has 0 radical (unpaired) electrons. The molecule has 1 N–H and O–H groups in total. The van der Waals surface area contributed by atoms with Crippen LogP contribution in [0.25, 0.3) is 0 Å². The first-order valence-electron chi connectivity index (χ1n) is 10.3. The molecule has 1 aliphatic heterocycles. The molecule has 0 aromatic heterocycles. The summed E-state index contributed by atoms with van der Waals surface area (Å²) in [5.41, 5.74) is 0.643. The third kappa shape index (κ3) is 6.97. The summed E-state index contributed by atoms with van der Waals surface area (Å²) in [5, 5.41) is 3.01. The Balaban J connectivity index is 2.06. The van der Waals surface area contributed by atoms with Crippen molar-refractivity contribution in [3.63, 3.8) is 0 Å². The summed E-state index contributed by atoms with van der Waals surface area (Å²) < 4.78 is 38.0. The van der Waals surface area contributed by atoms with Gasteiger partial charge >= 0.3 is 0 Å². The summed E-state index contributed by atoms with van der Waals surface area (Å²) in [6.45, 7) is 7.75. The van der Waals surface area contributed by atoms with E-state index in [1.165, 1.54) is 11.4 Å². The minimum absolute atomic E-state index is 0.0936. The Morgan fingerprint density at radius 3 is 2.52 bits per heavy atom. The van der Waals surface area contributed by atoms with Gasteiger partial charge in [-0.1, -0.05) is 32.8 Å². The number of carbonyl (C=O) groups excluding carboxylic acids is 1. The molecule has 7 nitrogen and oxygen atoms in total. The van der Waals surface area contributed by atoms with E-state index >= 15 is 0 Å². The van der Waals surface area contributed by atoms with Gasteiger partial charge in [0.2, 0.25) is 15.9 Å². The second-order valence-corrected chi connectivity index (χ2v) is 9.88. The first-order valence-corrected chi connectivity index (χ1v) is 11.7.